The zero-order valence-corrected chi connectivity index (χ0v) is 9.81. The fourth-order valence-corrected chi connectivity index (χ4v) is 1.53. The first-order valence-corrected chi connectivity index (χ1v) is 5.23. The van der Waals surface area contributed by atoms with E-state index in [1.807, 2.05) is 37.5 Å². The molecule has 0 radical (unpaired) electrons. The van der Waals surface area contributed by atoms with Crippen molar-refractivity contribution >= 4 is 5.95 Å². The van der Waals surface area contributed by atoms with Crippen LogP contribution in [0.25, 0.3) is 11.1 Å². The van der Waals surface area contributed by atoms with Gasteiger partial charge in [-0.05, 0) is 12.5 Å². The number of rotatable bonds is 2. The molecular formula is C13H15N3. The molecule has 1 aromatic carbocycles. The van der Waals surface area contributed by atoms with Gasteiger partial charge in [0.1, 0.15) is 0 Å². The minimum absolute atomic E-state index is 0.733. The second-order valence-electron chi connectivity index (χ2n) is 4.04. The molecule has 0 saturated heterocycles. The van der Waals surface area contributed by atoms with Gasteiger partial charge in [-0.15, -0.1) is 0 Å². The summed E-state index contributed by atoms with van der Waals surface area (Å²) in [6, 6.07) is 8.33. The van der Waals surface area contributed by atoms with Gasteiger partial charge in [0.15, 0.2) is 0 Å². The van der Waals surface area contributed by atoms with E-state index < -0.39 is 0 Å². The highest BCUT2D eigenvalue weighted by Gasteiger charge is 2.01. The third kappa shape index (κ3) is 2.19. The molecular weight excluding hydrogens is 198 g/mol. The fourth-order valence-electron chi connectivity index (χ4n) is 1.53. The molecule has 2 rings (SSSR count). The first-order chi connectivity index (χ1) is 7.66. The predicted octanol–water partition coefficient (Wildman–Crippen LogP) is 2.52. The van der Waals surface area contributed by atoms with Gasteiger partial charge in [-0.1, -0.05) is 29.8 Å². The van der Waals surface area contributed by atoms with Crippen LogP contribution in [0.1, 0.15) is 5.56 Å². The lowest BCUT2D eigenvalue weighted by Gasteiger charge is -2.09. The minimum Gasteiger partial charge on any atom is -0.347 e. The van der Waals surface area contributed by atoms with E-state index in [1.165, 1.54) is 5.56 Å². The third-order valence-corrected chi connectivity index (χ3v) is 2.39. The minimum atomic E-state index is 0.733. The van der Waals surface area contributed by atoms with Crippen LogP contribution >= 0.6 is 0 Å². The van der Waals surface area contributed by atoms with Gasteiger partial charge in [0.25, 0.3) is 0 Å². The number of hydrogen-bond donors (Lipinski definition) is 0. The molecule has 0 N–H and O–H groups in total. The highest BCUT2D eigenvalue weighted by Crippen LogP contribution is 2.19. The Morgan fingerprint density at radius 2 is 1.69 bits per heavy atom. The van der Waals surface area contributed by atoms with Crippen LogP contribution in [-0.4, -0.2) is 24.1 Å². The van der Waals surface area contributed by atoms with Gasteiger partial charge in [-0.3, -0.25) is 0 Å². The molecule has 0 aliphatic rings. The molecule has 0 spiro atoms. The van der Waals surface area contributed by atoms with Gasteiger partial charge in [0.2, 0.25) is 5.95 Å². The monoisotopic (exact) mass is 213 g/mol. The van der Waals surface area contributed by atoms with Crippen molar-refractivity contribution in [3.05, 3.63) is 42.2 Å². The zero-order chi connectivity index (χ0) is 11.5. The standard InChI is InChI=1S/C13H15N3/c1-10-5-4-6-11(7-10)12-8-14-13(15-9-12)16(2)3/h4-9H,1-3H3. The van der Waals surface area contributed by atoms with Crippen molar-refractivity contribution in [2.45, 2.75) is 6.92 Å². The van der Waals surface area contributed by atoms with E-state index in [2.05, 4.69) is 35.1 Å². The smallest absolute Gasteiger partial charge is 0.224 e. The van der Waals surface area contributed by atoms with Gasteiger partial charge in [-0.25, -0.2) is 9.97 Å². The Hall–Kier alpha value is -1.90. The second-order valence-corrected chi connectivity index (χ2v) is 4.04. The average Bonchev–Trinajstić information content (AvgIpc) is 2.29. The molecule has 1 heterocycles. The SMILES string of the molecule is Cc1cccc(-c2cnc(N(C)C)nc2)c1. The van der Waals surface area contributed by atoms with Crippen molar-refractivity contribution in [2.24, 2.45) is 0 Å². The van der Waals surface area contributed by atoms with E-state index in [4.69, 9.17) is 0 Å². The molecule has 2 aromatic rings. The van der Waals surface area contributed by atoms with Gasteiger partial charge in [0, 0.05) is 32.1 Å². The van der Waals surface area contributed by atoms with E-state index in [0.717, 1.165) is 17.1 Å². The molecule has 0 amide bonds. The van der Waals surface area contributed by atoms with E-state index in [0.29, 0.717) is 0 Å². The summed E-state index contributed by atoms with van der Waals surface area (Å²) in [4.78, 5) is 10.5. The molecule has 0 saturated carbocycles. The third-order valence-electron chi connectivity index (χ3n) is 2.39. The molecule has 16 heavy (non-hydrogen) atoms. The fraction of sp³-hybridized carbons (Fsp3) is 0.231. The number of hydrogen-bond acceptors (Lipinski definition) is 3. The lowest BCUT2D eigenvalue weighted by Crippen LogP contribution is -2.12. The number of nitrogens with zero attached hydrogens (tertiary/aromatic N) is 3. The summed E-state index contributed by atoms with van der Waals surface area (Å²) in [7, 11) is 3.86. The highest BCUT2D eigenvalue weighted by atomic mass is 15.2. The topological polar surface area (TPSA) is 29.0 Å². The number of aryl methyl sites for hydroxylation is 1. The van der Waals surface area contributed by atoms with Gasteiger partial charge >= 0.3 is 0 Å². The summed E-state index contributed by atoms with van der Waals surface area (Å²) >= 11 is 0. The molecule has 0 aliphatic carbocycles. The van der Waals surface area contributed by atoms with Crippen LogP contribution in [0.3, 0.4) is 0 Å². The maximum absolute atomic E-state index is 4.30. The Labute approximate surface area is 95.8 Å². The van der Waals surface area contributed by atoms with Crippen LogP contribution in [0.15, 0.2) is 36.7 Å². The zero-order valence-electron chi connectivity index (χ0n) is 9.81. The van der Waals surface area contributed by atoms with Crippen LogP contribution in [0, 0.1) is 6.92 Å². The number of benzene rings is 1. The van der Waals surface area contributed by atoms with Gasteiger partial charge < -0.3 is 4.90 Å². The Morgan fingerprint density at radius 3 is 2.25 bits per heavy atom. The van der Waals surface area contributed by atoms with Crippen molar-refractivity contribution in [2.75, 3.05) is 19.0 Å². The lowest BCUT2D eigenvalue weighted by molar-refractivity contribution is 1.000. The summed E-state index contributed by atoms with van der Waals surface area (Å²) in [6.07, 6.45) is 3.72. The van der Waals surface area contributed by atoms with E-state index in [1.54, 1.807) is 0 Å². The van der Waals surface area contributed by atoms with Crippen LogP contribution in [0.4, 0.5) is 5.95 Å². The first kappa shape index (κ1) is 10.6. The molecule has 82 valence electrons. The summed E-state index contributed by atoms with van der Waals surface area (Å²) in [5.74, 6) is 0.733. The summed E-state index contributed by atoms with van der Waals surface area (Å²) in [6.45, 7) is 2.08. The molecule has 0 fully saturated rings. The average molecular weight is 213 g/mol. The lowest BCUT2D eigenvalue weighted by atomic mass is 10.1. The predicted molar refractivity (Wildman–Crippen MR) is 66.5 cm³/mol. The van der Waals surface area contributed by atoms with Gasteiger partial charge in [-0.2, -0.15) is 0 Å². The largest absolute Gasteiger partial charge is 0.347 e. The molecule has 0 bridgehead atoms. The molecule has 3 heteroatoms. The Morgan fingerprint density at radius 1 is 1.00 bits per heavy atom. The van der Waals surface area contributed by atoms with Gasteiger partial charge in [0.05, 0.1) is 0 Å². The van der Waals surface area contributed by atoms with Crippen LogP contribution in [0.5, 0.6) is 0 Å². The molecule has 3 nitrogen and oxygen atoms in total. The molecule has 0 unspecified atom stereocenters. The quantitative estimate of drug-likeness (QED) is 0.767. The normalized spacial score (nSPS) is 10.2. The van der Waals surface area contributed by atoms with E-state index in [-0.39, 0.29) is 0 Å². The Balaban J connectivity index is 2.35. The maximum Gasteiger partial charge on any atom is 0.224 e. The van der Waals surface area contributed by atoms with Crippen molar-refractivity contribution in [1.29, 1.82) is 0 Å². The van der Waals surface area contributed by atoms with Crippen molar-refractivity contribution in [3.8, 4) is 11.1 Å². The Kier molecular flexibility index (Phi) is 2.86. The summed E-state index contributed by atoms with van der Waals surface area (Å²) < 4.78 is 0. The Bertz CT molecular complexity index is 475. The highest BCUT2D eigenvalue weighted by molar-refractivity contribution is 5.62. The summed E-state index contributed by atoms with van der Waals surface area (Å²) in [5, 5.41) is 0. The van der Waals surface area contributed by atoms with Crippen molar-refractivity contribution < 1.29 is 0 Å². The van der Waals surface area contributed by atoms with E-state index in [9.17, 15) is 0 Å². The van der Waals surface area contributed by atoms with Crippen LogP contribution < -0.4 is 4.90 Å². The van der Waals surface area contributed by atoms with Crippen molar-refractivity contribution in [1.82, 2.24) is 9.97 Å². The molecule has 0 atom stereocenters. The first-order valence-electron chi connectivity index (χ1n) is 5.23. The van der Waals surface area contributed by atoms with E-state index >= 15 is 0 Å². The summed E-state index contributed by atoms with van der Waals surface area (Å²) in [5.41, 5.74) is 3.45. The number of anilines is 1. The molecule has 1 aromatic heterocycles. The maximum atomic E-state index is 4.30. The number of aromatic nitrogens is 2. The van der Waals surface area contributed by atoms with Crippen LogP contribution in [0.2, 0.25) is 0 Å². The second kappa shape index (κ2) is 4.31. The van der Waals surface area contributed by atoms with Crippen LogP contribution in [-0.2, 0) is 0 Å². The molecule has 0 aliphatic heterocycles. The van der Waals surface area contributed by atoms with Crippen molar-refractivity contribution in [3.63, 3.8) is 0 Å².